The largest absolute Gasteiger partial charge is 0.495 e. The molecule has 5 rings (SSSR count). The van der Waals surface area contributed by atoms with Crippen LogP contribution in [0.15, 0.2) is 66.7 Å². The van der Waals surface area contributed by atoms with Crippen molar-refractivity contribution in [3.8, 4) is 16.9 Å². The fourth-order valence-electron chi connectivity index (χ4n) is 6.80. The molecule has 2 aliphatic rings. The second-order valence-corrected chi connectivity index (χ2v) is 17.4. The third-order valence-electron chi connectivity index (χ3n) is 9.32. The summed E-state index contributed by atoms with van der Waals surface area (Å²) in [5.41, 5.74) is 2.46. The fourth-order valence-corrected chi connectivity index (χ4v) is 7.27. The van der Waals surface area contributed by atoms with E-state index in [4.69, 9.17) is 18.9 Å². The highest BCUT2D eigenvalue weighted by Crippen LogP contribution is 2.44. The zero-order valence-electron chi connectivity index (χ0n) is 34.6. The first kappa shape index (κ1) is 45.4. The molecule has 1 aliphatic carbocycles. The van der Waals surface area contributed by atoms with Crippen LogP contribution in [0.1, 0.15) is 77.8 Å². The van der Waals surface area contributed by atoms with E-state index in [0.29, 0.717) is 11.4 Å². The van der Waals surface area contributed by atoms with Crippen molar-refractivity contribution in [3.63, 3.8) is 0 Å². The van der Waals surface area contributed by atoms with E-state index in [1.54, 1.807) is 59.7 Å². The SMILES string of the molecule is COc1ccc(I)cc1N1CCC(=O)N(CNC(=O)[C@H](CC(=O)OC(C)(C)C)NC(=O)[C@@H](CC(=O)OC(C)(C)C)NC(=O)OCC2c3ccccc3-c3ccccc32)C1=O. The number of halogens is 1. The quantitative estimate of drug-likeness (QED) is 0.106. The number of carbonyl (C=O) groups excluding carboxylic acids is 7. The number of fused-ring (bicyclic) bond motifs is 3. The Bertz CT molecular complexity index is 2100. The predicted molar refractivity (Wildman–Crippen MR) is 228 cm³/mol. The second-order valence-electron chi connectivity index (χ2n) is 16.2. The van der Waals surface area contributed by atoms with Crippen molar-refractivity contribution < 1.29 is 52.5 Å². The topological polar surface area (TPSA) is 199 Å². The molecule has 0 radical (unpaired) electrons. The van der Waals surface area contributed by atoms with Crippen LogP contribution in [-0.2, 0) is 38.2 Å². The van der Waals surface area contributed by atoms with Crippen molar-refractivity contribution in [2.24, 2.45) is 0 Å². The number of rotatable bonds is 14. The zero-order chi connectivity index (χ0) is 43.9. The molecular weight excluding hydrogens is 889 g/mol. The molecule has 3 N–H and O–H groups in total. The van der Waals surface area contributed by atoms with Crippen LogP contribution in [0.4, 0.5) is 15.3 Å². The first-order chi connectivity index (χ1) is 28.2. The Morgan fingerprint density at radius 1 is 0.783 bits per heavy atom. The molecule has 60 heavy (non-hydrogen) atoms. The van der Waals surface area contributed by atoms with Crippen LogP contribution >= 0.6 is 22.6 Å². The number of alkyl carbamates (subject to hydrolysis) is 1. The Morgan fingerprint density at radius 3 is 1.88 bits per heavy atom. The number of urea groups is 1. The van der Waals surface area contributed by atoms with Crippen molar-refractivity contribution >= 4 is 70.1 Å². The van der Waals surface area contributed by atoms with Gasteiger partial charge in [-0.2, -0.15) is 0 Å². The van der Waals surface area contributed by atoms with E-state index in [1.165, 1.54) is 12.0 Å². The molecule has 1 heterocycles. The van der Waals surface area contributed by atoms with Crippen molar-refractivity contribution in [3.05, 3.63) is 81.4 Å². The number of esters is 2. The van der Waals surface area contributed by atoms with Gasteiger partial charge in [0.05, 0.1) is 25.6 Å². The second kappa shape index (κ2) is 19.1. The summed E-state index contributed by atoms with van der Waals surface area (Å²) in [6.45, 7) is 9.12. The lowest BCUT2D eigenvalue weighted by Crippen LogP contribution is -2.59. The van der Waals surface area contributed by atoms with Crippen molar-refractivity contribution in [1.82, 2.24) is 20.9 Å². The lowest BCUT2D eigenvalue weighted by molar-refractivity contribution is -0.158. The number of ether oxygens (including phenoxy) is 4. The highest BCUT2D eigenvalue weighted by Gasteiger charge is 2.37. The first-order valence-corrected chi connectivity index (χ1v) is 20.4. The molecule has 6 amide bonds. The van der Waals surface area contributed by atoms with Gasteiger partial charge in [0.15, 0.2) is 0 Å². The van der Waals surface area contributed by atoms with Gasteiger partial charge in [-0.1, -0.05) is 48.5 Å². The van der Waals surface area contributed by atoms with E-state index in [1.807, 2.05) is 48.5 Å². The molecule has 2 atom stereocenters. The lowest BCUT2D eigenvalue weighted by Gasteiger charge is -2.35. The number of hydrogen-bond donors (Lipinski definition) is 3. The maximum atomic E-state index is 14.0. The number of benzene rings is 3. The van der Waals surface area contributed by atoms with Crippen LogP contribution in [-0.4, -0.2) is 96.9 Å². The summed E-state index contributed by atoms with van der Waals surface area (Å²) in [5, 5.41) is 7.36. The molecule has 0 saturated carbocycles. The Balaban J connectivity index is 1.33. The van der Waals surface area contributed by atoms with Gasteiger partial charge >= 0.3 is 24.1 Å². The highest BCUT2D eigenvalue weighted by atomic mass is 127. The van der Waals surface area contributed by atoms with Gasteiger partial charge in [-0.15, -0.1) is 0 Å². The number of anilines is 1. The summed E-state index contributed by atoms with van der Waals surface area (Å²) in [5.74, 6) is -4.17. The Hall–Kier alpha value is -5.72. The number of amides is 6. The summed E-state index contributed by atoms with van der Waals surface area (Å²) in [7, 11) is 1.45. The fraction of sp³-hybridized carbons (Fsp3) is 0.419. The van der Waals surface area contributed by atoms with E-state index >= 15 is 0 Å². The molecule has 0 aromatic heterocycles. The zero-order valence-corrected chi connectivity index (χ0v) is 36.7. The van der Waals surface area contributed by atoms with E-state index in [9.17, 15) is 33.6 Å². The normalized spacial score (nSPS) is 14.9. The molecule has 0 unspecified atom stereocenters. The number of nitrogens with one attached hydrogen (secondary N) is 3. The maximum absolute atomic E-state index is 14.0. The van der Waals surface area contributed by atoms with E-state index in [-0.39, 0.29) is 25.5 Å². The summed E-state index contributed by atoms with van der Waals surface area (Å²) in [6.07, 6.45) is -2.44. The average Bonchev–Trinajstić information content (AvgIpc) is 3.48. The van der Waals surface area contributed by atoms with Crippen LogP contribution in [0.3, 0.4) is 0 Å². The minimum Gasteiger partial charge on any atom is -0.495 e. The lowest BCUT2D eigenvalue weighted by atomic mass is 9.98. The van der Waals surface area contributed by atoms with Gasteiger partial charge < -0.3 is 34.9 Å². The van der Waals surface area contributed by atoms with Gasteiger partial charge in [-0.25, -0.2) is 14.5 Å². The Morgan fingerprint density at radius 2 is 1.33 bits per heavy atom. The third-order valence-corrected chi connectivity index (χ3v) is 9.99. The van der Waals surface area contributed by atoms with Crippen LogP contribution in [0, 0.1) is 3.57 Å². The molecule has 3 aromatic carbocycles. The van der Waals surface area contributed by atoms with Crippen LogP contribution < -0.4 is 25.6 Å². The molecule has 1 saturated heterocycles. The average molecular weight is 940 g/mol. The summed E-state index contributed by atoms with van der Waals surface area (Å²) < 4.78 is 22.8. The van der Waals surface area contributed by atoms with E-state index in [0.717, 1.165) is 30.7 Å². The Labute approximate surface area is 362 Å². The first-order valence-electron chi connectivity index (χ1n) is 19.3. The van der Waals surface area contributed by atoms with Gasteiger partial charge in [0.25, 0.3) is 0 Å². The van der Waals surface area contributed by atoms with E-state index in [2.05, 4.69) is 38.5 Å². The molecule has 0 bridgehead atoms. The summed E-state index contributed by atoms with van der Waals surface area (Å²) in [6, 6.07) is 16.7. The van der Waals surface area contributed by atoms with Crippen molar-refractivity contribution in [1.29, 1.82) is 0 Å². The van der Waals surface area contributed by atoms with Crippen LogP contribution in [0.5, 0.6) is 5.75 Å². The molecule has 320 valence electrons. The number of carbonyl (C=O) groups is 7. The predicted octanol–water partition coefficient (Wildman–Crippen LogP) is 5.39. The van der Waals surface area contributed by atoms with Crippen molar-refractivity contribution in [2.45, 2.75) is 90.0 Å². The molecular formula is C43H50IN5O11. The minimum absolute atomic E-state index is 0.0611. The van der Waals surface area contributed by atoms with Gasteiger partial charge in [0.2, 0.25) is 17.7 Å². The summed E-state index contributed by atoms with van der Waals surface area (Å²) in [4.78, 5) is 96.1. The number of methoxy groups -OCH3 is 1. The third kappa shape index (κ3) is 11.7. The molecule has 16 nitrogen and oxygen atoms in total. The minimum atomic E-state index is -1.65. The number of imide groups is 1. The number of nitrogens with zero attached hydrogens (tertiary/aromatic N) is 2. The standard InChI is InChI=1S/C43H50IN5O11/c1-42(2,3)59-36(51)21-31(38(53)45-24-49-35(50)18-19-48(41(49)56)33-20-25(44)16-17-34(33)57-7)46-39(54)32(22-37(52)60-43(4,5)6)47-40(55)58-23-30-28-14-10-8-12-26(28)27-13-9-11-15-29(27)30/h8-17,20,30-32H,18-19,21-24H2,1-7H3,(H,45,53)(H,46,54)(H,47,55)/t31-,32+/m0/s1. The monoisotopic (exact) mass is 939 g/mol. The van der Waals surface area contributed by atoms with Gasteiger partial charge in [-0.3, -0.25) is 28.9 Å². The maximum Gasteiger partial charge on any atom is 0.407 e. The van der Waals surface area contributed by atoms with Crippen LogP contribution in [0.25, 0.3) is 11.1 Å². The Kier molecular flexibility index (Phi) is 14.5. The molecule has 1 aliphatic heterocycles. The molecule has 0 spiro atoms. The highest BCUT2D eigenvalue weighted by molar-refractivity contribution is 14.1. The van der Waals surface area contributed by atoms with Gasteiger partial charge in [-0.05, 0) is 105 Å². The number of hydrogen-bond acceptors (Lipinski definition) is 11. The van der Waals surface area contributed by atoms with Gasteiger partial charge in [0, 0.05) is 22.5 Å². The molecule has 17 heteroatoms. The van der Waals surface area contributed by atoms with Gasteiger partial charge in [0.1, 0.15) is 42.3 Å². The van der Waals surface area contributed by atoms with E-state index < -0.39 is 84.6 Å². The molecule has 3 aromatic rings. The summed E-state index contributed by atoms with van der Waals surface area (Å²) >= 11 is 2.09. The smallest absolute Gasteiger partial charge is 0.407 e. The van der Waals surface area contributed by atoms with Crippen molar-refractivity contribution in [2.75, 3.05) is 31.8 Å². The molecule has 1 fully saturated rings. The van der Waals surface area contributed by atoms with Crippen LogP contribution in [0.2, 0.25) is 0 Å².